The maximum Gasteiger partial charge on any atom is 0.236 e. The molecule has 0 atom stereocenters. The average molecular weight is 478 g/mol. The van der Waals surface area contributed by atoms with Gasteiger partial charge in [0.05, 0.1) is 16.0 Å². The lowest BCUT2D eigenvalue weighted by Gasteiger charge is -2.07. The Bertz CT molecular complexity index is 1440. The van der Waals surface area contributed by atoms with Gasteiger partial charge in [-0.3, -0.25) is 4.79 Å². The molecule has 0 bridgehead atoms. The summed E-state index contributed by atoms with van der Waals surface area (Å²) in [5.74, 6) is 0.253. The molecule has 0 fully saturated rings. The zero-order valence-corrected chi connectivity index (χ0v) is 19.7. The summed E-state index contributed by atoms with van der Waals surface area (Å²) in [7, 11) is 0. The van der Waals surface area contributed by atoms with Crippen molar-refractivity contribution in [3.63, 3.8) is 0 Å². The fourth-order valence-electron chi connectivity index (χ4n) is 3.65. The van der Waals surface area contributed by atoms with Gasteiger partial charge in [0.1, 0.15) is 0 Å². The molecule has 0 radical (unpaired) electrons. The number of benzene rings is 3. The van der Waals surface area contributed by atoms with E-state index < -0.39 is 0 Å². The summed E-state index contributed by atoms with van der Waals surface area (Å²) < 4.78 is 3.27. The number of aryl methyl sites for hydroxylation is 1. The van der Waals surface area contributed by atoms with Gasteiger partial charge in [-0.15, -0.1) is 11.8 Å². The normalized spacial score (nSPS) is 11.3. The Morgan fingerprint density at radius 3 is 2.81 bits per heavy atom. The number of para-hydroxylation sites is 1. The third-order valence-electron chi connectivity index (χ3n) is 5.20. The summed E-state index contributed by atoms with van der Waals surface area (Å²) in [6.07, 6.45) is 2.10. The number of thiazole rings is 1. The Labute approximate surface area is 199 Å². The number of hydrogen-bond donors (Lipinski definition) is 1. The Morgan fingerprint density at radius 2 is 1.94 bits per heavy atom. The number of halogens is 1. The standard InChI is InChI=1S/C25H20ClN3OS2/c1-16-10-11-20-22(12-16)32-25(27-20)28-24(30)15-31-23-14-29(21-9-5-3-7-18(21)23)13-17-6-2-4-8-19(17)26/h2-12,14H,13,15H2,1H3,(H,27,28,30). The predicted octanol–water partition coefficient (Wildman–Crippen LogP) is 6.99. The van der Waals surface area contributed by atoms with E-state index in [1.807, 2.05) is 48.5 Å². The lowest BCUT2D eigenvalue weighted by atomic mass is 10.2. The number of nitrogens with zero attached hydrogens (tertiary/aromatic N) is 2. The Hall–Kier alpha value is -2.80. The van der Waals surface area contributed by atoms with Gasteiger partial charge >= 0.3 is 0 Å². The molecule has 32 heavy (non-hydrogen) atoms. The highest BCUT2D eigenvalue weighted by molar-refractivity contribution is 8.00. The van der Waals surface area contributed by atoms with Crippen LogP contribution in [-0.2, 0) is 11.3 Å². The molecule has 1 N–H and O–H groups in total. The largest absolute Gasteiger partial charge is 0.342 e. The van der Waals surface area contributed by atoms with Gasteiger partial charge in [-0.25, -0.2) is 4.98 Å². The van der Waals surface area contributed by atoms with Crippen LogP contribution in [0.2, 0.25) is 5.02 Å². The van der Waals surface area contributed by atoms with E-state index in [2.05, 4.69) is 46.2 Å². The van der Waals surface area contributed by atoms with Crippen LogP contribution in [0, 0.1) is 6.92 Å². The van der Waals surface area contributed by atoms with Crippen molar-refractivity contribution in [2.75, 3.05) is 11.1 Å². The fraction of sp³-hybridized carbons (Fsp3) is 0.120. The number of amides is 1. The van der Waals surface area contributed by atoms with E-state index in [1.54, 1.807) is 0 Å². The summed E-state index contributed by atoms with van der Waals surface area (Å²) >= 11 is 9.41. The predicted molar refractivity (Wildman–Crippen MR) is 136 cm³/mol. The van der Waals surface area contributed by atoms with Crippen molar-refractivity contribution in [3.05, 3.63) is 89.1 Å². The number of anilines is 1. The molecule has 1 amide bonds. The number of aromatic nitrogens is 2. The van der Waals surface area contributed by atoms with Gasteiger partial charge in [0.2, 0.25) is 5.91 Å². The lowest BCUT2D eigenvalue weighted by molar-refractivity contribution is -0.113. The summed E-state index contributed by atoms with van der Waals surface area (Å²) in [5.41, 5.74) is 4.28. The van der Waals surface area contributed by atoms with Crippen LogP contribution in [0.1, 0.15) is 11.1 Å². The van der Waals surface area contributed by atoms with E-state index in [0.29, 0.717) is 17.4 Å². The molecule has 0 saturated carbocycles. The van der Waals surface area contributed by atoms with Crippen molar-refractivity contribution in [3.8, 4) is 0 Å². The molecule has 4 nitrogen and oxygen atoms in total. The first kappa shape index (κ1) is 21.1. The van der Waals surface area contributed by atoms with E-state index in [-0.39, 0.29) is 5.91 Å². The smallest absolute Gasteiger partial charge is 0.236 e. The molecular formula is C25H20ClN3OS2. The van der Waals surface area contributed by atoms with E-state index in [4.69, 9.17) is 11.6 Å². The van der Waals surface area contributed by atoms with Crippen LogP contribution in [0.25, 0.3) is 21.1 Å². The van der Waals surface area contributed by atoms with Gasteiger partial charge in [0.25, 0.3) is 0 Å². The molecule has 0 aliphatic rings. The van der Waals surface area contributed by atoms with Crippen molar-refractivity contribution in [1.82, 2.24) is 9.55 Å². The van der Waals surface area contributed by atoms with Gasteiger partial charge in [0, 0.05) is 33.6 Å². The Kier molecular flexibility index (Phi) is 5.91. The van der Waals surface area contributed by atoms with Crippen LogP contribution in [0.5, 0.6) is 0 Å². The molecule has 5 aromatic rings. The van der Waals surface area contributed by atoms with Crippen molar-refractivity contribution >= 4 is 66.9 Å². The van der Waals surface area contributed by atoms with Gasteiger partial charge in [-0.1, -0.05) is 65.4 Å². The molecule has 0 unspecified atom stereocenters. The second-order valence-electron chi connectivity index (χ2n) is 7.56. The highest BCUT2D eigenvalue weighted by Gasteiger charge is 2.13. The van der Waals surface area contributed by atoms with E-state index >= 15 is 0 Å². The van der Waals surface area contributed by atoms with Gasteiger partial charge in [-0.2, -0.15) is 0 Å². The number of carbonyl (C=O) groups is 1. The molecule has 0 aliphatic heterocycles. The molecule has 5 rings (SSSR count). The topological polar surface area (TPSA) is 46.9 Å². The lowest BCUT2D eigenvalue weighted by Crippen LogP contribution is -2.13. The molecule has 0 spiro atoms. The SMILES string of the molecule is Cc1ccc2nc(NC(=O)CSc3cn(Cc4ccccc4Cl)c4ccccc34)sc2c1. The van der Waals surface area contributed by atoms with Crippen LogP contribution in [0.3, 0.4) is 0 Å². The first-order chi connectivity index (χ1) is 15.6. The molecule has 0 aliphatic carbocycles. The summed E-state index contributed by atoms with van der Waals surface area (Å²) in [6, 6.07) is 22.2. The van der Waals surface area contributed by atoms with E-state index in [9.17, 15) is 4.79 Å². The minimum atomic E-state index is -0.0614. The van der Waals surface area contributed by atoms with Crippen LogP contribution in [0.4, 0.5) is 5.13 Å². The first-order valence-electron chi connectivity index (χ1n) is 10.2. The minimum Gasteiger partial charge on any atom is -0.342 e. The van der Waals surface area contributed by atoms with Gasteiger partial charge in [0.15, 0.2) is 5.13 Å². The molecule has 3 aromatic carbocycles. The molecule has 7 heteroatoms. The second-order valence-corrected chi connectivity index (χ2v) is 10.0. The number of rotatable bonds is 6. The number of fused-ring (bicyclic) bond motifs is 2. The Balaban J connectivity index is 1.32. The maximum absolute atomic E-state index is 12.6. The number of nitrogens with one attached hydrogen (secondary N) is 1. The molecule has 160 valence electrons. The first-order valence-corrected chi connectivity index (χ1v) is 12.4. The third-order valence-corrected chi connectivity index (χ3v) is 7.54. The highest BCUT2D eigenvalue weighted by atomic mass is 35.5. The van der Waals surface area contributed by atoms with Crippen LogP contribution in [0.15, 0.2) is 77.8 Å². The van der Waals surface area contributed by atoms with Gasteiger partial charge in [-0.05, 0) is 42.3 Å². The number of hydrogen-bond acceptors (Lipinski definition) is 4. The van der Waals surface area contributed by atoms with Crippen molar-refractivity contribution in [1.29, 1.82) is 0 Å². The third kappa shape index (κ3) is 4.39. The van der Waals surface area contributed by atoms with Crippen LogP contribution in [-0.4, -0.2) is 21.2 Å². The number of carbonyl (C=O) groups excluding carboxylic acids is 1. The maximum atomic E-state index is 12.6. The molecular weight excluding hydrogens is 458 g/mol. The summed E-state index contributed by atoms with van der Waals surface area (Å²) in [6.45, 7) is 2.73. The highest BCUT2D eigenvalue weighted by Crippen LogP contribution is 2.32. The van der Waals surface area contributed by atoms with Crippen molar-refractivity contribution < 1.29 is 4.79 Å². The van der Waals surface area contributed by atoms with Crippen molar-refractivity contribution in [2.24, 2.45) is 0 Å². The fourth-order valence-corrected chi connectivity index (χ4v) is 5.72. The van der Waals surface area contributed by atoms with Crippen LogP contribution >= 0.6 is 34.7 Å². The average Bonchev–Trinajstić information content (AvgIpc) is 3.34. The number of thioether (sulfide) groups is 1. The summed E-state index contributed by atoms with van der Waals surface area (Å²) in [5, 5.41) is 5.47. The summed E-state index contributed by atoms with van der Waals surface area (Å²) in [4.78, 5) is 18.2. The Morgan fingerprint density at radius 1 is 1.12 bits per heavy atom. The van der Waals surface area contributed by atoms with E-state index in [0.717, 1.165) is 36.6 Å². The molecule has 2 heterocycles. The van der Waals surface area contributed by atoms with Crippen molar-refractivity contribution in [2.45, 2.75) is 18.4 Å². The second kappa shape index (κ2) is 8.98. The zero-order valence-electron chi connectivity index (χ0n) is 17.3. The molecule has 0 saturated heterocycles. The molecule has 2 aromatic heterocycles. The minimum absolute atomic E-state index is 0.0614. The van der Waals surface area contributed by atoms with E-state index in [1.165, 1.54) is 28.7 Å². The zero-order chi connectivity index (χ0) is 22.1. The van der Waals surface area contributed by atoms with Gasteiger partial charge < -0.3 is 9.88 Å². The quantitative estimate of drug-likeness (QED) is 0.268. The monoisotopic (exact) mass is 477 g/mol. The van der Waals surface area contributed by atoms with Crippen LogP contribution < -0.4 is 5.32 Å².